The zero-order chi connectivity index (χ0) is 17.1. The number of ether oxygens (including phenoxy) is 1. The predicted molar refractivity (Wildman–Crippen MR) is 93.5 cm³/mol. The Morgan fingerprint density at radius 1 is 1.20 bits per heavy atom. The van der Waals surface area contributed by atoms with E-state index in [2.05, 4.69) is 20.3 Å². The molecule has 126 valence electrons. The van der Waals surface area contributed by atoms with Gasteiger partial charge in [-0.1, -0.05) is 35.1 Å². The Bertz CT molecular complexity index is 965. The fourth-order valence-electron chi connectivity index (χ4n) is 2.08. The Hall–Kier alpha value is -2.65. The first-order valence-electron chi connectivity index (χ1n) is 7.29. The minimum atomic E-state index is 0.447. The summed E-state index contributed by atoms with van der Waals surface area (Å²) in [6, 6.07) is 11.4. The molecular formula is C16H12N4O3S2. The van der Waals surface area contributed by atoms with Crippen molar-refractivity contribution >= 4 is 23.1 Å². The molecule has 7 nitrogen and oxygen atoms in total. The molecule has 3 heterocycles. The molecule has 0 fully saturated rings. The van der Waals surface area contributed by atoms with Crippen LogP contribution in [0.15, 0.2) is 55.9 Å². The summed E-state index contributed by atoms with van der Waals surface area (Å²) < 4.78 is 16.1. The number of rotatable bonds is 6. The molecule has 0 aliphatic rings. The summed E-state index contributed by atoms with van der Waals surface area (Å²) in [5.74, 6) is 2.70. The highest BCUT2D eigenvalue weighted by atomic mass is 32.2. The second-order valence-electron chi connectivity index (χ2n) is 4.88. The Morgan fingerprint density at radius 3 is 3.00 bits per heavy atom. The second kappa shape index (κ2) is 7.08. The first kappa shape index (κ1) is 15.9. The molecule has 0 aliphatic heterocycles. The lowest BCUT2D eigenvalue weighted by Gasteiger charge is -1.99. The molecule has 0 unspecified atom stereocenters. The van der Waals surface area contributed by atoms with E-state index in [1.165, 1.54) is 11.8 Å². The topological polar surface area (TPSA) is 87.1 Å². The van der Waals surface area contributed by atoms with E-state index < -0.39 is 0 Å². The van der Waals surface area contributed by atoms with Gasteiger partial charge in [-0.25, -0.2) is 0 Å². The van der Waals surface area contributed by atoms with Crippen molar-refractivity contribution in [3.63, 3.8) is 0 Å². The predicted octanol–water partition coefficient (Wildman–Crippen LogP) is 4.15. The van der Waals surface area contributed by atoms with Gasteiger partial charge in [0.15, 0.2) is 0 Å². The molecule has 0 spiro atoms. The summed E-state index contributed by atoms with van der Waals surface area (Å²) in [4.78, 5) is 5.33. The lowest BCUT2D eigenvalue weighted by atomic mass is 10.2. The monoisotopic (exact) mass is 372 g/mol. The summed E-state index contributed by atoms with van der Waals surface area (Å²) in [7, 11) is 1.62. The molecule has 0 saturated heterocycles. The van der Waals surface area contributed by atoms with E-state index in [9.17, 15) is 0 Å². The number of thiophene rings is 1. The molecule has 0 aliphatic carbocycles. The van der Waals surface area contributed by atoms with Crippen molar-refractivity contribution < 1.29 is 13.7 Å². The number of hydrogen-bond donors (Lipinski definition) is 0. The highest BCUT2D eigenvalue weighted by molar-refractivity contribution is 7.98. The van der Waals surface area contributed by atoms with Crippen LogP contribution in [0.4, 0.5) is 0 Å². The summed E-state index contributed by atoms with van der Waals surface area (Å²) in [6.45, 7) is 0. The third kappa shape index (κ3) is 3.57. The number of nitrogens with zero attached hydrogens (tertiary/aromatic N) is 4. The van der Waals surface area contributed by atoms with E-state index in [0.29, 0.717) is 28.6 Å². The lowest BCUT2D eigenvalue weighted by molar-refractivity contribution is 0.390. The summed E-state index contributed by atoms with van der Waals surface area (Å²) in [5, 5.41) is 14.5. The van der Waals surface area contributed by atoms with Gasteiger partial charge in [-0.05, 0) is 23.6 Å². The van der Waals surface area contributed by atoms with Crippen LogP contribution >= 0.6 is 23.1 Å². The number of hydrogen-bond acceptors (Lipinski definition) is 9. The van der Waals surface area contributed by atoms with Crippen molar-refractivity contribution in [2.75, 3.05) is 7.11 Å². The van der Waals surface area contributed by atoms with Crippen LogP contribution in [0.3, 0.4) is 0 Å². The molecule has 0 atom stereocenters. The summed E-state index contributed by atoms with van der Waals surface area (Å²) in [6.07, 6.45) is 0. The van der Waals surface area contributed by atoms with Gasteiger partial charge in [0.1, 0.15) is 5.75 Å². The van der Waals surface area contributed by atoms with Crippen molar-refractivity contribution in [1.82, 2.24) is 20.3 Å². The molecule has 0 amide bonds. The van der Waals surface area contributed by atoms with Gasteiger partial charge < -0.3 is 13.7 Å². The maximum absolute atomic E-state index is 5.62. The van der Waals surface area contributed by atoms with Crippen molar-refractivity contribution in [3.8, 4) is 27.9 Å². The zero-order valence-electron chi connectivity index (χ0n) is 13.1. The number of benzene rings is 1. The Kier molecular flexibility index (Phi) is 4.49. The van der Waals surface area contributed by atoms with E-state index >= 15 is 0 Å². The standard InChI is InChI=1S/C16H12N4O3S2/c1-21-11-5-2-4-10(8-11)14-17-13(23-20-14)9-25-16-19-18-15(22-16)12-6-3-7-24-12/h2-8H,9H2,1H3. The smallest absolute Gasteiger partial charge is 0.277 e. The van der Waals surface area contributed by atoms with Crippen molar-refractivity contribution in [2.45, 2.75) is 11.0 Å². The summed E-state index contributed by atoms with van der Waals surface area (Å²) >= 11 is 2.90. The average molecular weight is 372 g/mol. The summed E-state index contributed by atoms with van der Waals surface area (Å²) in [5.41, 5.74) is 0.831. The molecule has 25 heavy (non-hydrogen) atoms. The van der Waals surface area contributed by atoms with Gasteiger partial charge in [0, 0.05) is 5.56 Å². The maximum Gasteiger partial charge on any atom is 0.277 e. The molecule has 0 radical (unpaired) electrons. The number of aromatic nitrogens is 4. The van der Waals surface area contributed by atoms with Crippen molar-refractivity contribution in [1.29, 1.82) is 0 Å². The third-order valence-corrected chi connectivity index (χ3v) is 4.91. The van der Waals surface area contributed by atoms with E-state index in [1.807, 2.05) is 41.8 Å². The first-order chi connectivity index (χ1) is 12.3. The minimum Gasteiger partial charge on any atom is -0.497 e. The maximum atomic E-state index is 5.62. The van der Waals surface area contributed by atoms with Crippen LogP contribution in [-0.4, -0.2) is 27.4 Å². The SMILES string of the molecule is COc1cccc(-c2noc(CSc3nnc(-c4cccs4)o3)n2)c1. The molecule has 0 bridgehead atoms. The van der Waals surface area contributed by atoms with Crippen LogP contribution in [-0.2, 0) is 5.75 Å². The Balaban J connectivity index is 1.43. The van der Waals surface area contributed by atoms with Crippen LogP contribution in [0.5, 0.6) is 5.75 Å². The first-order valence-corrected chi connectivity index (χ1v) is 9.15. The molecule has 9 heteroatoms. The zero-order valence-corrected chi connectivity index (χ0v) is 14.7. The molecular weight excluding hydrogens is 360 g/mol. The van der Waals surface area contributed by atoms with Gasteiger partial charge in [-0.3, -0.25) is 0 Å². The van der Waals surface area contributed by atoms with Gasteiger partial charge >= 0.3 is 0 Å². The van der Waals surface area contributed by atoms with Crippen molar-refractivity contribution in [3.05, 3.63) is 47.7 Å². The highest BCUT2D eigenvalue weighted by Crippen LogP contribution is 2.28. The van der Waals surface area contributed by atoms with Crippen LogP contribution in [0.2, 0.25) is 0 Å². The van der Waals surface area contributed by atoms with Crippen LogP contribution < -0.4 is 4.74 Å². The second-order valence-corrected chi connectivity index (χ2v) is 6.76. The molecule has 1 aromatic carbocycles. The number of thioether (sulfide) groups is 1. The molecule has 0 N–H and O–H groups in total. The fourth-order valence-corrected chi connectivity index (χ4v) is 3.33. The van der Waals surface area contributed by atoms with Crippen molar-refractivity contribution in [2.24, 2.45) is 0 Å². The third-order valence-electron chi connectivity index (χ3n) is 3.25. The quantitative estimate of drug-likeness (QED) is 0.467. The Labute approximate surface area is 151 Å². The Morgan fingerprint density at radius 2 is 2.16 bits per heavy atom. The van der Waals surface area contributed by atoms with E-state index in [4.69, 9.17) is 13.7 Å². The highest BCUT2D eigenvalue weighted by Gasteiger charge is 2.13. The average Bonchev–Trinajstić information content (AvgIpc) is 3.41. The minimum absolute atomic E-state index is 0.447. The molecule has 4 rings (SSSR count). The van der Waals surface area contributed by atoms with Crippen LogP contribution in [0, 0.1) is 0 Å². The van der Waals surface area contributed by atoms with E-state index in [-0.39, 0.29) is 0 Å². The number of methoxy groups -OCH3 is 1. The van der Waals surface area contributed by atoms with Gasteiger partial charge in [0.05, 0.1) is 17.7 Å². The molecule has 0 saturated carbocycles. The van der Waals surface area contributed by atoms with Crippen LogP contribution in [0.25, 0.3) is 22.2 Å². The van der Waals surface area contributed by atoms with Gasteiger partial charge in [-0.15, -0.1) is 21.5 Å². The van der Waals surface area contributed by atoms with Gasteiger partial charge in [0.25, 0.3) is 11.1 Å². The van der Waals surface area contributed by atoms with E-state index in [0.717, 1.165) is 16.2 Å². The van der Waals surface area contributed by atoms with Gasteiger partial charge in [0.2, 0.25) is 11.7 Å². The van der Waals surface area contributed by atoms with Crippen LogP contribution in [0.1, 0.15) is 5.89 Å². The normalized spacial score (nSPS) is 10.9. The van der Waals surface area contributed by atoms with E-state index in [1.54, 1.807) is 18.4 Å². The molecule has 3 aromatic heterocycles. The molecule has 4 aromatic rings. The lowest BCUT2D eigenvalue weighted by Crippen LogP contribution is -1.86. The van der Waals surface area contributed by atoms with Gasteiger partial charge in [-0.2, -0.15) is 4.98 Å². The fraction of sp³-hybridized carbons (Fsp3) is 0.125. The largest absolute Gasteiger partial charge is 0.497 e.